The van der Waals surface area contributed by atoms with Gasteiger partial charge in [0.2, 0.25) is 0 Å². The number of carbonyl (C=O) groups is 1. The van der Waals surface area contributed by atoms with E-state index in [1.165, 1.54) is 0 Å². The van der Waals surface area contributed by atoms with E-state index in [0.717, 1.165) is 16.6 Å². The van der Waals surface area contributed by atoms with Crippen molar-refractivity contribution >= 4 is 16.8 Å². The number of nitrogens with one attached hydrogen (secondary N) is 1. The van der Waals surface area contributed by atoms with Crippen molar-refractivity contribution in [2.24, 2.45) is 12.8 Å². The molecular weight excluding hydrogens is 292 g/mol. The van der Waals surface area contributed by atoms with Crippen molar-refractivity contribution in [3.05, 3.63) is 48.2 Å². The summed E-state index contributed by atoms with van der Waals surface area (Å²) in [7, 11) is 1.93. The van der Waals surface area contributed by atoms with E-state index < -0.39 is 0 Å². The van der Waals surface area contributed by atoms with Gasteiger partial charge in [0.1, 0.15) is 0 Å². The molecule has 1 amide bonds. The monoisotopic (exact) mass is 310 g/mol. The van der Waals surface area contributed by atoms with Crippen LogP contribution in [-0.2, 0) is 7.05 Å². The molecule has 7 heteroatoms. The number of aromatic amines is 1. The molecule has 1 saturated heterocycles. The molecule has 3 N–H and O–H groups in total. The van der Waals surface area contributed by atoms with Crippen LogP contribution in [0.1, 0.15) is 22.0 Å². The van der Waals surface area contributed by atoms with Crippen molar-refractivity contribution in [1.82, 2.24) is 24.6 Å². The van der Waals surface area contributed by atoms with Crippen molar-refractivity contribution in [3.8, 4) is 0 Å². The third-order valence-corrected chi connectivity index (χ3v) is 4.44. The smallest absolute Gasteiger partial charge is 0.253 e. The van der Waals surface area contributed by atoms with Gasteiger partial charge in [-0.2, -0.15) is 5.10 Å². The lowest BCUT2D eigenvalue weighted by atomic mass is 10.0. The molecule has 0 saturated carbocycles. The number of nitrogens with zero attached hydrogens (tertiary/aromatic N) is 4. The summed E-state index contributed by atoms with van der Waals surface area (Å²) in [5.41, 5.74) is 8.77. The minimum absolute atomic E-state index is 0.00183. The molecule has 0 spiro atoms. The number of aryl methyl sites for hydroxylation is 1. The SMILES string of the molecule is Cn1cnc([C@@H]2CN(C(=O)c3ccc4[nH]ncc4c3)C[C@H]2N)c1. The van der Waals surface area contributed by atoms with Crippen molar-refractivity contribution in [3.63, 3.8) is 0 Å². The molecule has 0 bridgehead atoms. The molecule has 7 nitrogen and oxygen atoms in total. The molecule has 1 aromatic carbocycles. The lowest BCUT2D eigenvalue weighted by Crippen LogP contribution is -2.32. The Morgan fingerprint density at radius 2 is 2.26 bits per heavy atom. The molecule has 118 valence electrons. The Hall–Kier alpha value is -2.67. The lowest BCUT2D eigenvalue weighted by molar-refractivity contribution is 0.0789. The number of amides is 1. The van der Waals surface area contributed by atoms with Gasteiger partial charge in [0.15, 0.2) is 0 Å². The van der Waals surface area contributed by atoms with Gasteiger partial charge in [0.25, 0.3) is 5.91 Å². The van der Waals surface area contributed by atoms with Crippen LogP contribution in [0.5, 0.6) is 0 Å². The second kappa shape index (κ2) is 5.20. The first-order valence-electron chi connectivity index (χ1n) is 7.57. The number of nitrogens with two attached hydrogens (primary N) is 1. The fourth-order valence-electron chi connectivity index (χ4n) is 3.19. The molecule has 1 fully saturated rings. The third-order valence-electron chi connectivity index (χ3n) is 4.44. The normalized spacial score (nSPS) is 21.2. The van der Waals surface area contributed by atoms with Gasteiger partial charge in [-0.25, -0.2) is 4.98 Å². The molecule has 1 aliphatic heterocycles. The van der Waals surface area contributed by atoms with E-state index in [1.54, 1.807) is 12.5 Å². The van der Waals surface area contributed by atoms with E-state index in [1.807, 2.05) is 40.9 Å². The molecule has 0 radical (unpaired) electrons. The highest BCUT2D eigenvalue weighted by atomic mass is 16.2. The number of fused-ring (bicyclic) bond motifs is 1. The summed E-state index contributed by atoms with van der Waals surface area (Å²) in [5.74, 6) is 0.0831. The summed E-state index contributed by atoms with van der Waals surface area (Å²) in [5, 5.41) is 7.80. The highest BCUT2D eigenvalue weighted by Crippen LogP contribution is 2.26. The van der Waals surface area contributed by atoms with Crippen molar-refractivity contribution in [1.29, 1.82) is 0 Å². The number of imidazole rings is 1. The lowest BCUT2D eigenvalue weighted by Gasteiger charge is -2.16. The second-order valence-corrected chi connectivity index (χ2v) is 6.12. The van der Waals surface area contributed by atoms with Crippen molar-refractivity contribution < 1.29 is 4.79 Å². The van der Waals surface area contributed by atoms with Crippen molar-refractivity contribution in [2.45, 2.75) is 12.0 Å². The average molecular weight is 310 g/mol. The Kier molecular flexibility index (Phi) is 3.16. The maximum Gasteiger partial charge on any atom is 0.253 e. The second-order valence-electron chi connectivity index (χ2n) is 6.12. The Morgan fingerprint density at radius 3 is 3.04 bits per heavy atom. The number of benzene rings is 1. The number of hydrogen-bond donors (Lipinski definition) is 2. The van der Waals surface area contributed by atoms with E-state index >= 15 is 0 Å². The largest absolute Gasteiger partial charge is 0.340 e. The third kappa shape index (κ3) is 2.39. The summed E-state index contributed by atoms with van der Waals surface area (Å²) in [6, 6.07) is 5.47. The van der Waals surface area contributed by atoms with Crippen LogP contribution < -0.4 is 5.73 Å². The molecule has 23 heavy (non-hydrogen) atoms. The average Bonchev–Trinajstić information content (AvgIpc) is 3.25. The highest BCUT2D eigenvalue weighted by Gasteiger charge is 2.35. The van der Waals surface area contributed by atoms with Crippen LogP contribution in [0.3, 0.4) is 0 Å². The molecule has 4 rings (SSSR count). The van der Waals surface area contributed by atoms with Gasteiger partial charge in [-0.3, -0.25) is 9.89 Å². The molecular formula is C16H18N6O. The topological polar surface area (TPSA) is 92.8 Å². The zero-order valence-corrected chi connectivity index (χ0v) is 12.8. The quantitative estimate of drug-likeness (QED) is 0.734. The Labute approximate surface area is 133 Å². The van der Waals surface area contributed by atoms with Crippen LogP contribution in [-0.4, -0.2) is 49.7 Å². The van der Waals surface area contributed by atoms with Gasteiger partial charge < -0.3 is 15.2 Å². The van der Waals surface area contributed by atoms with E-state index in [4.69, 9.17) is 5.73 Å². The van der Waals surface area contributed by atoms with Crippen LogP contribution in [0.4, 0.5) is 0 Å². The number of H-pyrrole nitrogens is 1. The van der Waals surface area contributed by atoms with Gasteiger partial charge >= 0.3 is 0 Å². The molecule has 0 unspecified atom stereocenters. The number of likely N-dealkylation sites (tertiary alicyclic amines) is 1. The summed E-state index contributed by atoms with van der Waals surface area (Å²) in [4.78, 5) is 18.9. The number of carbonyl (C=O) groups excluding carboxylic acids is 1. The molecule has 0 aliphatic carbocycles. The standard InChI is InChI=1S/C16H18N6O/c1-21-8-15(18-9-21)12-6-22(7-13(12)17)16(23)10-2-3-14-11(4-10)5-19-20-14/h2-5,8-9,12-13H,6-7,17H2,1H3,(H,19,20)/t12-,13-/m1/s1. The number of hydrogen-bond acceptors (Lipinski definition) is 4. The predicted octanol–water partition coefficient (Wildman–Crippen LogP) is 0.863. The van der Waals surface area contributed by atoms with Crippen LogP contribution in [0.15, 0.2) is 36.9 Å². The minimum Gasteiger partial charge on any atom is -0.340 e. The first kappa shape index (κ1) is 14.0. The molecule has 2 atom stereocenters. The predicted molar refractivity (Wildman–Crippen MR) is 85.9 cm³/mol. The van der Waals surface area contributed by atoms with E-state index in [2.05, 4.69) is 15.2 Å². The summed E-state index contributed by atoms with van der Waals surface area (Å²) in [6.07, 6.45) is 5.45. The van der Waals surface area contributed by atoms with Crippen molar-refractivity contribution in [2.75, 3.05) is 13.1 Å². The van der Waals surface area contributed by atoms with Crippen LogP contribution in [0.25, 0.3) is 10.9 Å². The zero-order valence-electron chi connectivity index (χ0n) is 12.8. The summed E-state index contributed by atoms with van der Waals surface area (Å²) < 4.78 is 1.90. The number of rotatable bonds is 2. The van der Waals surface area contributed by atoms with E-state index in [-0.39, 0.29) is 17.9 Å². The Balaban J connectivity index is 1.57. The fourth-order valence-corrected chi connectivity index (χ4v) is 3.19. The maximum atomic E-state index is 12.8. The fraction of sp³-hybridized carbons (Fsp3) is 0.312. The minimum atomic E-state index is -0.0912. The summed E-state index contributed by atoms with van der Waals surface area (Å²) in [6.45, 7) is 1.14. The van der Waals surface area contributed by atoms with Crippen LogP contribution in [0, 0.1) is 0 Å². The number of aromatic nitrogens is 4. The van der Waals surface area contributed by atoms with Crippen LogP contribution >= 0.6 is 0 Å². The molecule has 3 heterocycles. The molecule has 2 aromatic heterocycles. The maximum absolute atomic E-state index is 12.8. The van der Waals surface area contributed by atoms with Gasteiger partial charge in [0, 0.05) is 49.2 Å². The van der Waals surface area contributed by atoms with Gasteiger partial charge in [-0.15, -0.1) is 0 Å². The van der Waals surface area contributed by atoms with Crippen LogP contribution in [0.2, 0.25) is 0 Å². The first-order chi connectivity index (χ1) is 11.1. The molecule has 3 aromatic rings. The van der Waals surface area contributed by atoms with Gasteiger partial charge in [0.05, 0.1) is 23.7 Å². The molecule has 1 aliphatic rings. The Morgan fingerprint density at radius 1 is 1.39 bits per heavy atom. The highest BCUT2D eigenvalue weighted by molar-refractivity contribution is 5.98. The van der Waals surface area contributed by atoms with E-state index in [9.17, 15) is 4.79 Å². The summed E-state index contributed by atoms with van der Waals surface area (Å²) >= 11 is 0. The van der Waals surface area contributed by atoms with E-state index in [0.29, 0.717) is 18.7 Å². The van der Waals surface area contributed by atoms with Gasteiger partial charge in [-0.1, -0.05) is 0 Å². The van der Waals surface area contributed by atoms with Gasteiger partial charge in [-0.05, 0) is 18.2 Å². The first-order valence-corrected chi connectivity index (χ1v) is 7.57. The zero-order chi connectivity index (χ0) is 16.0. The Bertz CT molecular complexity index is 866.